The van der Waals surface area contributed by atoms with E-state index in [0.29, 0.717) is 12.5 Å². The highest BCUT2D eigenvalue weighted by Crippen LogP contribution is 2.24. The van der Waals surface area contributed by atoms with E-state index < -0.39 is 0 Å². The zero-order chi connectivity index (χ0) is 14.1. The van der Waals surface area contributed by atoms with Crippen molar-refractivity contribution in [3.63, 3.8) is 0 Å². The van der Waals surface area contributed by atoms with Gasteiger partial charge in [-0.3, -0.25) is 9.69 Å². The number of likely N-dealkylation sites (tertiary alicyclic amines) is 1. The zero-order valence-corrected chi connectivity index (χ0v) is 12.9. The highest BCUT2D eigenvalue weighted by Gasteiger charge is 2.27. The first kappa shape index (κ1) is 14.0. The second kappa shape index (κ2) is 5.84. The maximum atomic E-state index is 12.5. The third-order valence-corrected chi connectivity index (χ3v) is 5.31. The van der Waals surface area contributed by atoms with Crippen LogP contribution in [0.5, 0.6) is 0 Å². The van der Waals surface area contributed by atoms with E-state index in [2.05, 4.69) is 23.3 Å². The van der Waals surface area contributed by atoms with Crippen LogP contribution in [0.1, 0.15) is 23.8 Å². The van der Waals surface area contributed by atoms with Crippen molar-refractivity contribution in [3.05, 3.63) is 21.9 Å². The number of hydrogen-bond donors (Lipinski definition) is 1. The lowest BCUT2D eigenvalue weighted by Gasteiger charge is -2.36. The Morgan fingerprint density at radius 3 is 3.15 bits per heavy atom. The summed E-state index contributed by atoms with van der Waals surface area (Å²) in [6, 6.07) is 2.37. The van der Waals surface area contributed by atoms with Crippen LogP contribution in [0.2, 0.25) is 0 Å². The lowest BCUT2D eigenvalue weighted by atomic mass is 9.96. The van der Waals surface area contributed by atoms with Crippen LogP contribution in [-0.4, -0.2) is 47.9 Å². The molecule has 0 bridgehead atoms. The Morgan fingerprint density at radius 1 is 1.50 bits per heavy atom. The average molecular weight is 293 g/mol. The van der Waals surface area contributed by atoms with Crippen LogP contribution in [0.25, 0.3) is 0 Å². The Kier molecular flexibility index (Phi) is 4.10. The summed E-state index contributed by atoms with van der Waals surface area (Å²) in [5.41, 5.74) is 7.39. The van der Waals surface area contributed by atoms with E-state index in [1.54, 1.807) is 0 Å². The summed E-state index contributed by atoms with van der Waals surface area (Å²) in [5, 5.41) is 2.13. The van der Waals surface area contributed by atoms with Crippen LogP contribution in [-0.2, 0) is 17.8 Å². The number of carbonyl (C=O) groups is 1. The van der Waals surface area contributed by atoms with Gasteiger partial charge in [0.2, 0.25) is 5.91 Å². The third kappa shape index (κ3) is 3.05. The number of nitrogens with zero attached hydrogens (tertiary/aromatic N) is 2. The van der Waals surface area contributed by atoms with Crippen molar-refractivity contribution >= 4 is 17.2 Å². The quantitative estimate of drug-likeness (QED) is 0.894. The number of fused-ring (bicyclic) bond motifs is 1. The molecule has 0 aliphatic carbocycles. The van der Waals surface area contributed by atoms with Crippen molar-refractivity contribution in [1.29, 1.82) is 0 Å². The van der Waals surface area contributed by atoms with Gasteiger partial charge in [-0.15, -0.1) is 11.3 Å². The third-order valence-electron chi connectivity index (χ3n) is 4.29. The van der Waals surface area contributed by atoms with Crippen LogP contribution in [0.4, 0.5) is 0 Å². The molecule has 110 valence electrons. The topological polar surface area (TPSA) is 49.6 Å². The molecule has 1 saturated heterocycles. The number of piperidine rings is 1. The van der Waals surface area contributed by atoms with Crippen LogP contribution >= 0.6 is 11.3 Å². The Morgan fingerprint density at radius 2 is 2.35 bits per heavy atom. The van der Waals surface area contributed by atoms with E-state index in [-0.39, 0.29) is 11.9 Å². The molecule has 1 aromatic rings. The standard InChI is InChI=1S/C15H23N3OS/c1-11-6-13(16)9-17(7-11)10-15(19)18-4-2-14-12(8-18)3-5-20-14/h3,5,11,13H,2,4,6-10,16H2,1H3. The molecule has 1 amide bonds. The van der Waals surface area contributed by atoms with Crippen molar-refractivity contribution in [3.8, 4) is 0 Å². The molecule has 0 saturated carbocycles. The van der Waals surface area contributed by atoms with Gasteiger partial charge in [0.05, 0.1) is 6.54 Å². The number of amides is 1. The molecule has 2 aliphatic rings. The first-order valence-electron chi connectivity index (χ1n) is 7.43. The highest BCUT2D eigenvalue weighted by molar-refractivity contribution is 7.10. The molecule has 4 nitrogen and oxygen atoms in total. The van der Waals surface area contributed by atoms with E-state index >= 15 is 0 Å². The lowest BCUT2D eigenvalue weighted by Crippen LogP contribution is -2.50. The Labute approximate surface area is 124 Å². The first-order valence-corrected chi connectivity index (χ1v) is 8.30. The predicted octanol–water partition coefficient (Wildman–Crippen LogP) is 1.30. The van der Waals surface area contributed by atoms with Gasteiger partial charge >= 0.3 is 0 Å². The Bertz CT molecular complexity index is 477. The van der Waals surface area contributed by atoms with Gasteiger partial charge in [-0.1, -0.05) is 6.92 Å². The lowest BCUT2D eigenvalue weighted by molar-refractivity contribution is -0.133. The van der Waals surface area contributed by atoms with Crippen molar-refractivity contribution in [2.75, 3.05) is 26.2 Å². The number of rotatable bonds is 2. The molecule has 2 N–H and O–H groups in total. The Balaban J connectivity index is 1.57. The summed E-state index contributed by atoms with van der Waals surface area (Å²) < 4.78 is 0. The predicted molar refractivity (Wildman–Crippen MR) is 81.6 cm³/mol. The number of carbonyl (C=O) groups excluding carboxylic acids is 1. The van der Waals surface area contributed by atoms with Gasteiger partial charge in [0.25, 0.3) is 0 Å². The molecule has 3 heterocycles. The van der Waals surface area contributed by atoms with Gasteiger partial charge < -0.3 is 10.6 Å². The van der Waals surface area contributed by atoms with Crippen molar-refractivity contribution < 1.29 is 4.79 Å². The summed E-state index contributed by atoms with van der Waals surface area (Å²) in [5.74, 6) is 0.847. The summed E-state index contributed by atoms with van der Waals surface area (Å²) in [6.45, 7) is 6.24. The fraction of sp³-hybridized carbons (Fsp3) is 0.667. The van der Waals surface area contributed by atoms with Gasteiger partial charge in [-0.2, -0.15) is 0 Å². The molecule has 0 radical (unpaired) electrons. The van der Waals surface area contributed by atoms with E-state index in [0.717, 1.165) is 39.0 Å². The normalized spacial score (nSPS) is 27.4. The van der Waals surface area contributed by atoms with Gasteiger partial charge in [0.1, 0.15) is 0 Å². The van der Waals surface area contributed by atoms with E-state index in [1.807, 2.05) is 16.2 Å². The molecule has 5 heteroatoms. The molecule has 20 heavy (non-hydrogen) atoms. The van der Waals surface area contributed by atoms with Crippen LogP contribution < -0.4 is 5.73 Å². The largest absolute Gasteiger partial charge is 0.337 e. The summed E-state index contributed by atoms with van der Waals surface area (Å²) in [6.07, 6.45) is 2.08. The Hall–Kier alpha value is -0.910. The highest BCUT2D eigenvalue weighted by atomic mass is 32.1. The summed E-state index contributed by atoms with van der Waals surface area (Å²) in [7, 11) is 0. The van der Waals surface area contributed by atoms with Crippen LogP contribution in [0.3, 0.4) is 0 Å². The second-order valence-electron chi connectivity index (χ2n) is 6.23. The van der Waals surface area contributed by atoms with Gasteiger partial charge in [0.15, 0.2) is 0 Å². The summed E-state index contributed by atoms with van der Waals surface area (Å²) >= 11 is 1.81. The molecule has 0 spiro atoms. The summed E-state index contributed by atoms with van der Waals surface area (Å²) in [4.78, 5) is 18.1. The first-order chi connectivity index (χ1) is 9.61. The number of hydrogen-bond acceptors (Lipinski definition) is 4. The van der Waals surface area contributed by atoms with Crippen LogP contribution in [0, 0.1) is 5.92 Å². The minimum absolute atomic E-state index is 0.219. The maximum absolute atomic E-state index is 12.5. The number of thiophene rings is 1. The minimum atomic E-state index is 0.219. The molecule has 2 unspecified atom stereocenters. The molecule has 3 rings (SSSR count). The molecule has 2 aliphatic heterocycles. The molecule has 1 aromatic heterocycles. The van der Waals surface area contributed by atoms with Crippen LogP contribution in [0.15, 0.2) is 11.4 Å². The van der Waals surface area contributed by atoms with Gasteiger partial charge in [-0.05, 0) is 35.8 Å². The average Bonchev–Trinajstić information content (AvgIpc) is 2.84. The van der Waals surface area contributed by atoms with E-state index in [1.165, 1.54) is 10.4 Å². The second-order valence-corrected chi connectivity index (χ2v) is 7.23. The fourth-order valence-electron chi connectivity index (χ4n) is 3.39. The van der Waals surface area contributed by atoms with Crippen molar-refractivity contribution in [1.82, 2.24) is 9.80 Å². The van der Waals surface area contributed by atoms with Gasteiger partial charge in [0, 0.05) is 37.1 Å². The monoisotopic (exact) mass is 293 g/mol. The number of nitrogens with two attached hydrogens (primary N) is 1. The van der Waals surface area contributed by atoms with E-state index in [4.69, 9.17) is 5.73 Å². The SMILES string of the molecule is CC1CC(N)CN(CC(=O)N2CCc3sccc3C2)C1. The fourth-order valence-corrected chi connectivity index (χ4v) is 4.28. The molecular weight excluding hydrogens is 270 g/mol. The smallest absolute Gasteiger partial charge is 0.237 e. The molecular formula is C15H23N3OS. The minimum Gasteiger partial charge on any atom is -0.337 e. The molecule has 2 atom stereocenters. The molecule has 0 aromatic carbocycles. The van der Waals surface area contributed by atoms with Gasteiger partial charge in [-0.25, -0.2) is 0 Å². The van der Waals surface area contributed by atoms with E-state index in [9.17, 15) is 4.79 Å². The maximum Gasteiger partial charge on any atom is 0.237 e. The van der Waals surface area contributed by atoms with Crippen molar-refractivity contribution in [2.24, 2.45) is 11.7 Å². The van der Waals surface area contributed by atoms with Crippen molar-refractivity contribution in [2.45, 2.75) is 32.4 Å². The molecule has 1 fully saturated rings. The zero-order valence-electron chi connectivity index (χ0n) is 12.0.